The summed E-state index contributed by atoms with van der Waals surface area (Å²) < 4.78 is 5.15. The fourth-order valence-electron chi connectivity index (χ4n) is 1.02. The monoisotopic (exact) mass is 214 g/mol. The molecule has 0 amide bonds. The molecule has 0 bridgehead atoms. The van der Waals surface area contributed by atoms with Gasteiger partial charge in [-0.25, -0.2) is 0 Å². The Bertz CT molecular complexity index is 259. The average Bonchev–Trinajstić information content (AvgIpc) is 2.19. The third-order valence-electron chi connectivity index (χ3n) is 1.68. The van der Waals surface area contributed by atoms with E-state index in [4.69, 9.17) is 4.74 Å². The van der Waals surface area contributed by atoms with Crippen LogP contribution in [0.1, 0.15) is 23.7 Å². The number of carbonyl (C=O) groups excluding carboxylic acids is 1. The predicted octanol–water partition coefficient (Wildman–Crippen LogP) is 2.72. The van der Waals surface area contributed by atoms with Crippen LogP contribution in [-0.4, -0.2) is 19.0 Å². The van der Waals surface area contributed by atoms with E-state index < -0.39 is 0 Å². The van der Waals surface area contributed by atoms with Crippen molar-refractivity contribution in [2.75, 3.05) is 13.2 Å². The number of ether oxygens (including phenoxy) is 1. The minimum Gasteiger partial charge on any atom is -0.373 e. The van der Waals surface area contributed by atoms with Gasteiger partial charge in [-0.1, -0.05) is 37.3 Å². The van der Waals surface area contributed by atoms with Crippen LogP contribution in [0.3, 0.4) is 0 Å². The topological polar surface area (TPSA) is 26.3 Å². The maximum atomic E-state index is 11.4. The minimum atomic E-state index is 0. The fraction of sp³-hybridized carbons (Fsp3) is 0.364. The van der Waals surface area contributed by atoms with Crippen LogP contribution in [-0.2, 0) is 4.74 Å². The summed E-state index contributed by atoms with van der Waals surface area (Å²) >= 11 is 0. The third kappa shape index (κ3) is 4.40. The lowest BCUT2D eigenvalue weighted by Crippen LogP contribution is -2.09. The van der Waals surface area contributed by atoms with Crippen molar-refractivity contribution in [2.24, 2.45) is 0 Å². The van der Waals surface area contributed by atoms with Crippen molar-refractivity contribution >= 4 is 18.2 Å². The van der Waals surface area contributed by atoms with Gasteiger partial charge in [0.05, 0.1) is 0 Å². The molecule has 0 atom stereocenters. The zero-order valence-electron chi connectivity index (χ0n) is 8.23. The zero-order chi connectivity index (χ0) is 9.52. The number of benzene rings is 1. The first kappa shape index (κ1) is 13.1. The summed E-state index contributed by atoms with van der Waals surface area (Å²) in [5.41, 5.74) is 0.721. The summed E-state index contributed by atoms with van der Waals surface area (Å²) in [6, 6.07) is 9.21. The Hall–Kier alpha value is -0.860. The molecule has 2 nitrogen and oxygen atoms in total. The van der Waals surface area contributed by atoms with Gasteiger partial charge in [0.15, 0.2) is 5.78 Å². The lowest BCUT2D eigenvalue weighted by atomic mass is 10.1. The molecule has 0 spiro atoms. The average molecular weight is 215 g/mol. The zero-order valence-corrected chi connectivity index (χ0v) is 9.05. The standard InChI is InChI=1S/C11H14O2.ClH/c1-2-8-13-9-11(12)10-6-4-3-5-7-10;/h3-7H,2,8-9H2,1H3;1H. The van der Waals surface area contributed by atoms with Crippen LogP contribution in [0.2, 0.25) is 0 Å². The second-order valence-electron chi connectivity index (χ2n) is 2.84. The number of Topliss-reactive ketones (excluding diaryl/α,β-unsaturated/α-hetero) is 1. The minimum absolute atomic E-state index is 0. The molecular weight excluding hydrogens is 200 g/mol. The molecule has 0 saturated carbocycles. The number of ketones is 1. The van der Waals surface area contributed by atoms with E-state index >= 15 is 0 Å². The van der Waals surface area contributed by atoms with Gasteiger partial charge in [-0.2, -0.15) is 0 Å². The van der Waals surface area contributed by atoms with Crippen molar-refractivity contribution in [1.29, 1.82) is 0 Å². The van der Waals surface area contributed by atoms with Crippen molar-refractivity contribution in [2.45, 2.75) is 13.3 Å². The molecule has 0 fully saturated rings. The molecule has 1 rings (SSSR count). The van der Waals surface area contributed by atoms with Crippen LogP contribution in [0.5, 0.6) is 0 Å². The summed E-state index contributed by atoms with van der Waals surface area (Å²) in [7, 11) is 0. The van der Waals surface area contributed by atoms with Crippen LogP contribution in [0.4, 0.5) is 0 Å². The van der Waals surface area contributed by atoms with Crippen molar-refractivity contribution in [1.82, 2.24) is 0 Å². The maximum absolute atomic E-state index is 11.4. The van der Waals surface area contributed by atoms with E-state index in [-0.39, 0.29) is 24.8 Å². The Morgan fingerprint density at radius 3 is 2.50 bits per heavy atom. The van der Waals surface area contributed by atoms with E-state index in [0.717, 1.165) is 12.0 Å². The Labute approximate surface area is 90.7 Å². The smallest absolute Gasteiger partial charge is 0.188 e. The van der Waals surface area contributed by atoms with E-state index in [2.05, 4.69) is 0 Å². The van der Waals surface area contributed by atoms with E-state index in [1.165, 1.54) is 0 Å². The van der Waals surface area contributed by atoms with Gasteiger partial charge in [0.1, 0.15) is 6.61 Å². The third-order valence-corrected chi connectivity index (χ3v) is 1.68. The fourth-order valence-corrected chi connectivity index (χ4v) is 1.02. The molecule has 14 heavy (non-hydrogen) atoms. The number of carbonyl (C=O) groups is 1. The molecule has 0 radical (unpaired) electrons. The van der Waals surface area contributed by atoms with Gasteiger partial charge in [-0.3, -0.25) is 4.79 Å². The first-order chi connectivity index (χ1) is 6.34. The second-order valence-corrected chi connectivity index (χ2v) is 2.84. The highest BCUT2D eigenvalue weighted by Gasteiger charge is 2.03. The Morgan fingerprint density at radius 1 is 1.29 bits per heavy atom. The van der Waals surface area contributed by atoms with Crippen LogP contribution in [0, 0.1) is 0 Å². The van der Waals surface area contributed by atoms with E-state index in [1.54, 1.807) is 12.1 Å². The number of hydrogen-bond donors (Lipinski definition) is 0. The van der Waals surface area contributed by atoms with Gasteiger partial charge in [0.2, 0.25) is 0 Å². The van der Waals surface area contributed by atoms with Gasteiger partial charge in [-0.15, -0.1) is 12.4 Å². The molecule has 0 N–H and O–H groups in total. The maximum Gasteiger partial charge on any atom is 0.188 e. The van der Waals surface area contributed by atoms with Crippen molar-refractivity contribution in [3.8, 4) is 0 Å². The predicted molar refractivity (Wildman–Crippen MR) is 59.1 cm³/mol. The summed E-state index contributed by atoms with van der Waals surface area (Å²) in [5.74, 6) is 0.0500. The van der Waals surface area contributed by atoms with E-state index in [9.17, 15) is 4.79 Å². The summed E-state index contributed by atoms with van der Waals surface area (Å²) in [5, 5.41) is 0. The largest absolute Gasteiger partial charge is 0.373 e. The molecule has 0 aliphatic heterocycles. The molecule has 0 heterocycles. The molecule has 1 aromatic carbocycles. The van der Waals surface area contributed by atoms with Crippen molar-refractivity contribution in [3.63, 3.8) is 0 Å². The van der Waals surface area contributed by atoms with Gasteiger partial charge < -0.3 is 4.74 Å². The number of rotatable bonds is 5. The molecule has 0 aliphatic rings. The Balaban J connectivity index is 0.00000169. The molecule has 78 valence electrons. The summed E-state index contributed by atoms with van der Waals surface area (Å²) in [6.07, 6.45) is 0.946. The molecule has 0 aliphatic carbocycles. The van der Waals surface area contributed by atoms with Crippen molar-refractivity contribution in [3.05, 3.63) is 35.9 Å². The second kappa shape index (κ2) is 7.54. The molecule has 1 aromatic rings. The Morgan fingerprint density at radius 2 is 1.93 bits per heavy atom. The number of halogens is 1. The van der Waals surface area contributed by atoms with Gasteiger partial charge in [0.25, 0.3) is 0 Å². The van der Waals surface area contributed by atoms with Gasteiger partial charge in [0, 0.05) is 12.2 Å². The highest BCUT2D eigenvalue weighted by molar-refractivity contribution is 5.96. The van der Waals surface area contributed by atoms with Crippen LogP contribution in [0.15, 0.2) is 30.3 Å². The highest BCUT2D eigenvalue weighted by Crippen LogP contribution is 2.00. The van der Waals surface area contributed by atoms with Gasteiger partial charge in [-0.05, 0) is 6.42 Å². The molecule has 0 aromatic heterocycles. The number of hydrogen-bond acceptors (Lipinski definition) is 2. The van der Waals surface area contributed by atoms with Crippen molar-refractivity contribution < 1.29 is 9.53 Å². The van der Waals surface area contributed by atoms with E-state index in [0.29, 0.717) is 6.61 Å². The first-order valence-corrected chi connectivity index (χ1v) is 4.50. The van der Waals surface area contributed by atoms with E-state index in [1.807, 2.05) is 25.1 Å². The summed E-state index contributed by atoms with van der Waals surface area (Å²) in [4.78, 5) is 11.4. The molecule has 0 saturated heterocycles. The molecule has 0 unspecified atom stereocenters. The normalized spacial score (nSPS) is 9.21. The Kier molecular flexibility index (Phi) is 7.07. The first-order valence-electron chi connectivity index (χ1n) is 4.50. The SMILES string of the molecule is CCCOCC(=O)c1ccccc1.Cl. The lowest BCUT2D eigenvalue weighted by molar-refractivity contribution is 0.0761. The van der Waals surface area contributed by atoms with Gasteiger partial charge >= 0.3 is 0 Å². The van der Waals surface area contributed by atoms with Crippen LogP contribution < -0.4 is 0 Å². The quantitative estimate of drug-likeness (QED) is 0.557. The summed E-state index contributed by atoms with van der Waals surface area (Å²) in [6.45, 7) is 2.86. The van der Waals surface area contributed by atoms with Crippen LogP contribution in [0.25, 0.3) is 0 Å². The molecular formula is C11H15ClO2. The molecule has 3 heteroatoms. The van der Waals surface area contributed by atoms with Crippen LogP contribution >= 0.6 is 12.4 Å². The highest BCUT2D eigenvalue weighted by atomic mass is 35.5. The lowest BCUT2D eigenvalue weighted by Gasteiger charge is -2.01.